The first kappa shape index (κ1) is 16.7. The standard InChI is InChI=1S/C21H21N3O/c1-16-7-9-17(10-8-16)13-21(25)24-19-11-12-20(23-15-19)22-14-18-5-3-2-4-6-18/h2-12,15H,13-14H2,1H3,(H,22,23)(H,24,25). The summed E-state index contributed by atoms with van der Waals surface area (Å²) >= 11 is 0. The van der Waals surface area contributed by atoms with Crippen molar-refractivity contribution in [3.05, 3.63) is 89.6 Å². The first-order chi connectivity index (χ1) is 12.2. The smallest absolute Gasteiger partial charge is 0.228 e. The van der Waals surface area contributed by atoms with Crippen molar-refractivity contribution in [1.82, 2.24) is 4.98 Å². The zero-order valence-electron chi connectivity index (χ0n) is 14.2. The highest BCUT2D eigenvalue weighted by Gasteiger charge is 2.05. The van der Waals surface area contributed by atoms with Gasteiger partial charge in [-0.1, -0.05) is 60.2 Å². The average Bonchev–Trinajstić information content (AvgIpc) is 2.64. The van der Waals surface area contributed by atoms with E-state index in [9.17, 15) is 4.79 Å². The molecule has 3 rings (SSSR count). The van der Waals surface area contributed by atoms with E-state index in [1.807, 2.05) is 61.5 Å². The molecule has 3 aromatic rings. The molecule has 4 heteroatoms. The molecule has 0 unspecified atom stereocenters. The number of amides is 1. The van der Waals surface area contributed by atoms with Gasteiger partial charge in [-0.25, -0.2) is 4.98 Å². The summed E-state index contributed by atoms with van der Waals surface area (Å²) in [6, 6.07) is 21.8. The molecule has 1 amide bonds. The van der Waals surface area contributed by atoms with Crippen LogP contribution >= 0.6 is 0 Å². The van der Waals surface area contributed by atoms with Crippen LogP contribution in [0.5, 0.6) is 0 Å². The van der Waals surface area contributed by atoms with Crippen LogP contribution in [0.25, 0.3) is 0 Å². The number of rotatable bonds is 6. The van der Waals surface area contributed by atoms with Crippen LogP contribution in [0.2, 0.25) is 0 Å². The second-order valence-corrected chi connectivity index (χ2v) is 5.98. The molecule has 0 spiro atoms. The first-order valence-corrected chi connectivity index (χ1v) is 8.28. The lowest BCUT2D eigenvalue weighted by Gasteiger charge is -2.08. The highest BCUT2D eigenvalue weighted by atomic mass is 16.1. The second kappa shape index (κ2) is 8.11. The molecule has 2 aromatic carbocycles. The monoisotopic (exact) mass is 331 g/mol. The minimum atomic E-state index is -0.0457. The van der Waals surface area contributed by atoms with E-state index in [1.165, 1.54) is 11.1 Å². The van der Waals surface area contributed by atoms with E-state index in [0.29, 0.717) is 18.7 Å². The Labute approximate surface area is 147 Å². The van der Waals surface area contributed by atoms with Crippen molar-refractivity contribution in [3.63, 3.8) is 0 Å². The number of pyridine rings is 1. The molecule has 1 aromatic heterocycles. The van der Waals surface area contributed by atoms with Gasteiger partial charge in [0.15, 0.2) is 0 Å². The third kappa shape index (κ3) is 5.18. The number of aromatic nitrogens is 1. The maximum Gasteiger partial charge on any atom is 0.228 e. The number of hydrogen-bond acceptors (Lipinski definition) is 3. The van der Waals surface area contributed by atoms with Gasteiger partial charge in [0.25, 0.3) is 0 Å². The van der Waals surface area contributed by atoms with Gasteiger partial charge in [0.1, 0.15) is 5.82 Å². The van der Waals surface area contributed by atoms with Crippen LogP contribution in [0.1, 0.15) is 16.7 Å². The van der Waals surface area contributed by atoms with Crippen LogP contribution in [0.4, 0.5) is 11.5 Å². The summed E-state index contributed by atoms with van der Waals surface area (Å²) in [6.45, 7) is 2.75. The maximum atomic E-state index is 12.1. The fraction of sp³-hybridized carbons (Fsp3) is 0.143. The minimum absolute atomic E-state index is 0.0457. The highest BCUT2D eigenvalue weighted by molar-refractivity contribution is 5.92. The van der Waals surface area contributed by atoms with E-state index in [-0.39, 0.29) is 5.91 Å². The predicted octanol–water partition coefficient (Wildman–Crippen LogP) is 4.18. The van der Waals surface area contributed by atoms with E-state index in [1.54, 1.807) is 6.20 Å². The van der Waals surface area contributed by atoms with E-state index in [2.05, 4.69) is 27.8 Å². The lowest BCUT2D eigenvalue weighted by molar-refractivity contribution is -0.115. The third-order valence-corrected chi connectivity index (χ3v) is 3.85. The number of hydrogen-bond donors (Lipinski definition) is 2. The SMILES string of the molecule is Cc1ccc(CC(=O)Nc2ccc(NCc3ccccc3)nc2)cc1. The summed E-state index contributed by atoms with van der Waals surface area (Å²) in [7, 11) is 0. The molecule has 4 nitrogen and oxygen atoms in total. The zero-order valence-corrected chi connectivity index (χ0v) is 14.2. The molecule has 0 aliphatic heterocycles. The molecule has 0 radical (unpaired) electrons. The van der Waals surface area contributed by atoms with Crippen molar-refractivity contribution < 1.29 is 4.79 Å². The summed E-state index contributed by atoms with van der Waals surface area (Å²) in [6.07, 6.45) is 2.02. The van der Waals surface area contributed by atoms with Gasteiger partial charge in [-0.15, -0.1) is 0 Å². The number of carbonyl (C=O) groups excluding carboxylic acids is 1. The van der Waals surface area contributed by atoms with Crippen molar-refractivity contribution in [2.24, 2.45) is 0 Å². The van der Waals surface area contributed by atoms with Crippen LogP contribution in [-0.2, 0) is 17.8 Å². The number of anilines is 2. The van der Waals surface area contributed by atoms with E-state index < -0.39 is 0 Å². The summed E-state index contributed by atoms with van der Waals surface area (Å²) < 4.78 is 0. The zero-order chi connectivity index (χ0) is 17.5. The molecule has 0 aliphatic rings. The molecular formula is C21H21N3O. The lowest BCUT2D eigenvalue weighted by atomic mass is 10.1. The van der Waals surface area contributed by atoms with Crippen molar-refractivity contribution in [2.45, 2.75) is 19.9 Å². The number of nitrogens with zero attached hydrogens (tertiary/aromatic N) is 1. The molecule has 1 heterocycles. The third-order valence-electron chi connectivity index (χ3n) is 3.85. The van der Waals surface area contributed by atoms with Gasteiger partial charge in [0.05, 0.1) is 18.3 Å². The lowest BCUT2D eigenvalue weighted by Crippen LogP contribution is -2.14. The van der Waals surface area contributed by atoms with Crippen LogP contribution in [0, 0.1) is 6.92 Å². The molecule has 25 heavy (non-hydrogen) atoms. The number of nitrogens with one attached hydrogen (secondary N) is 2. The average molecular weight is 331 g/mol. The number of carbonyl (C=O) groups is 1. The van der Waals surface area contributed by atoms with E-state index in [4.69, 9.17) is 0 Å². The van der Waals surface area contributed by atoms with E-state index in [0.717, 1.165) is 11.4 Å². The number of benzene rings is 2. The van der Waals surface area contributed by atoms with Crippen molar-refractivity contribution in [1.29, 1.82) is 0 Å². The van der Waals surface area contributed by atoms with Gasteiger partial charge < -0.3 is 10.6 Å². The fourth-order valence-corrected chi connectivity index (χ4v) is 2.46. The minimum Gasteiger partial charge on any atom is -0.366 e. The Hall–Kier alpha value is -3.14. The fourth-order valence-electron chi connectivity index (χ4n) is 2.46. The number of aryl methyl sites for hydroxylation is 1. The van der Waals surface area contributed by atoms with Gasteiger partial charge in [-0.2, -0.15) is 0 Å². The van der Waals surface area contributed by atoms with Crippen LogP contribution in [0.3, 0.4) is 0 Å². The largest absolute Gasteiger partial charge is 0.366 e. The summed E-state index contributed by atoms with van der Waals surface area (Å²) in [5, 5.41) is 6.14. The normalized spacial score (nSPS) is 10.3. The topological polar surface area (TPSA) is 54.0 Å². The molecule has 0 bridgehead atoms. The van der Waals surface area contributed by atoms with Crippen LogP contribution in [0.15, 0.2) is 72.9 Å². The maximum absolute atomic E-state index is 12.1. The summed E-state index contributed by atoms with van der Waals surface area (Å²) in [5.74, 6) is 0.732. The Morgan fingerprint density at radius 2 is 1.68 bits per heavy atom. The van der Waals surface area contributed by atoms with Crippen LogP contribution < -0.4 is 10.6 Å². The van der Waals surface area contributed by atoms with Crippen LogP contribution in [-0.4, -0.2) is 10.9 Å². The Morgan fingerprint density at radius 1 is 0.920 bits per heavy atom. The van der Waals surface area contributed by atoms with Gasteiger partial charge in [0.2, 0.25) is 5.91 Å². The van der Waals surface area contributed by atoms with Crippen molar-refractivity contribution in [3.8, 4) is 0 Å². The Morgan fingerprint density at radius 3 is 2.36 bits per heavy atom. The molecular weight excluding hydrogens is 310 g/mol. The molecule has 126 valence electrons. The van der Waals surface area contributed by atoms with Crippen molar-refractivity contribution in [2.75, 3.05) is 10.6 Å². The highest BCUT2D eigenvalue weighted by Crippen LogP contribution is 2.12. The molecule has 0 atom stereocenters. The van der Waals surface area contributed by atoms with Gasteiger partial charge in [-0.05, 0) is 30.2 Å². The van der Waals surface area contributed by atoms with Crippen molar-refractivity contribution >= 4 is 17.4 Å². The molecule has 0 fully saturated rings. The molecule has 0 saturated heterocycles. The first-order valence-electron chi connectivity index (χ1n) is 8.28. The molecule has 0 saturated carbocycles. The Kier molecular flexibility index (Phi) is 5.42. The predicted molar refractivity (Wildman–Crippen MR) is 102 cm³/mol. The Bertz CT molecular complexity index is 812. The van der Waals surface area contributed by atoms with Gasteiger partial charge in [0, 0.05) is 6.54 Å². The molecule has 0 aliphatic carbocycles. The summed E-state index contributed by atoms with van der Waals surface area (Å²) in [5.41, 5.74) is 4.08. The summed E-state index contributed by atoms with van der Waals surface area (Å²) in [4.78, 5) is 16.4. The quantitative estimate of drug-likeness (QED) is 0.712. The second-order valence-electron chi connectivity index (χ2n) is 5.98. The Balaban J connectivity index is 1.51. The van der Waals surface area contributed by atoms with E-state index >= 15 is 0 Å². The molecule has 2 N–H and O–H groups in total. The van der Waals surface area contributed by atoms with Gasteiger partial charge in [-0.3, -0.25) is 4.79 Å². The van der Waals surface area contributed by atoms with Gasteiger partial charge >= 0.3 is 0 Å².